The molecule has 16 heavy (non-hydrogen) atoms. The highest BCUT2D eigenvalue weighted by molar-refractivity contribution is 7.90. The topological polar surface area (TPSA) is 84.3 Å². The van der Waals surface area contributed by atoms with Crippen LogP contribution in [0.3, 0.4) is 0 Å². The Morgan fingerprint density at radius 3 is 2.50 bits per heavy atom. The summed E-state index contributed by atoms with van der Waals surface area (Å²) >= 11 is 0. The van der Waals surface area contributed by atoms with E-state index in [0.717, 1.165) is 12.5 Å². The minimum atomic E-state index is -3.34. The van der Waals surface area contributed by atoms with E-state index in [-0.39, 0.29) is 16.0 Å². The Balaban J connectivity index is 3.39. The second-order valence-corrected chi connectivity index (χ2v) is 5.17. The number of nitrogens with one attached hydrogen (secondary N) is 1. The molecular weight excluding hydrogens is 230 g/mol. The van der Waals surface area contributed by atoms with Crippen molar-refractivity contribution in [1.29, 1.82) is 5.41 Å². The number of ether oxygens (including phenoxy) is 1. The first-order valence-corrected chi connectivity index (χ1v) is 6.22. The SMILES string of the molecule is COC(=O)c1ccc(S(C)(=O)=O)cc1C=N. The van der Waals surface area contributed by atoms with E-state index in [4.69, 9.17) is 5.41 Å². The highest BCUT2D eigenvalue weighted by Gasteiger charge is 2.14. The number of carbonyl (C=O) groups excluding carboxylic acids is 1. The monoisotopic (exact) mass is 241 g/mol. The molecule has 0 aliphatic rings. The molecule has 1 rings (SSSR count). The number of hydrogen-bond donors (Lipinski definition) is 1. The quantitative estimate of drug-likeness (QED) is 0.628. The molecule has 0 saturated carbocycles. The smallest absolute Gasteiger partial charge is 0.338 e. The van der Waals surface area contributed by atoms with Crippen LogP contribution in [0.2, 0.25) is 0 Å². The number of methoxy groups -OCH3 is 1. The van der Waals surface area contributed by atoms with E-state index >= 15 is 0 Å². The molecule has 0 heterocycles. The van der Waals surface area contributed by atoms with Crippen LogP contribution in [0.5, 0.6) is 0 Å². The molecule has 6 heteroatoms. The fourth-order valence-electron chi connectivity index (χ4n) is 1.19. The van der Waals surface area contributed by atoms with Crippen molar-refractivity contribution in [1.82, 2.24) is 0 Å². The Morgan fingerprint density at radius 2 is 2.06 bits per heavy atom. The van der Waals surface area contributed by atoms with Gasteiger partial charge in [0, 0.05) is 18.0 Å². The van der Waals surface area contributed by atoms with Crippen LogP contribution in [0, 0.1) is 5.41 Å². The lowest BCUT2D eigenvalue weighted by molar-refractivity contribution is 0.0600. The molecule has 0 radical (unpaired) electrons. The summed E-state index contributed by atoms with van der Waals surface area (Å²) in [6.07, 6.45) is 1.98. The van der Waals surface area contributed by atoms with Crippen LogP contribution in [0.1, 0.15) is 15.9 Å². The third-order valence-corrected chi connectivity index (χ3v) is 3.12. The first-order chi connectivity index (χ1) is 7.40. The minimum Gasteiger partial charge on any atom is -0.465 e. The molecule has 0 atom stereocenters. The van der Waals surface area contributed by atoms with E-state index in [1.807, 2.05) is 0 Å². The zero-order chi connectivity index (χ0) is 12.3. The summed E-state index contributed by atoms with van der Waals surface area (Å²) in [4.78, 5) is 11.3. The van der Waals surface area contributed by atoms with Gasteiger partial charge in [0.05, 0.1) is 17.6 Å². The van der Waals surface area contributed by atoms with Gasteiger partial charge in [-0.15, -0.1) is 0 Å². The standard InChI is InChI=1S/C10H11NO4S/c1-15-10(12)9-4-3-8(16(2,13)14)5-7(9)6-11/h3-6,11H,1-2H3. The largest absolute Gasteiger partial charge is 0.465 e. The number of carbonyl (C=O) groups is 1. The lowest BCUT2D eigenvalue weighted by Gasteiger charge is -2.05. The van der Waals surface area contributed by atoms with Gasteiger partial charge in [-0.2, -0.15) is 0 Å². The van der Waals surface area contributed by atoms with Gasteiger partial charge in [-0.25, -0.2) is 13.2 Å². The average Bonchev–Trinajstić information content (AvgIpc) is 2.26. The second-order valence-electron chi connectivity index (χ2n) is 3.16. The average molecular weight is 241 g/mol. The first kappa shape index (κ1) is 12.4. The van der Waals surface area contributed by atoms with Crippen LogP contribution in [-0.2, 0) is 14.6 Å². The number of rotatable bonds is 3. The van der Waals surface area contributed by atoms with Gasteiger partial charge in [-0.3, -0.25) is 0 Å². The zero-order valence-electron chi connectivity index (χ0n) is 8.85. The Kier molecular flexibility index (Phi) is 3.44. The van der Waals surface area contributed by atoms with E-state index in [1.165, 1.54) is 25.3 Å². The van der Waals surface area contributed by atoms with E-state index in [1.54, 1.807) is 0 Å². The lowest BCUT2D eigenvalue weighted by atomic mass is 10.1. The summed E-state index contributed by atoms with van der Waals surface area (Å²) < 4.78 is 27.0. The van der Waals surface area contributed by atoms with Crippen LogP contribution in [0.25, 0.3) is 0 Å². The maximum atomic E-state index is 11.3. The molecule has 0 saturated heterocycles. The van der Waals surface area contributed by atoms with Crippen LogP contribution >= 0.6 is 0 Å². The zero-order valence-corrected chi connectivity index (χ0v) is 9.67. The molecule has 1 aromatic carbocycles. The molecule has 1 aromatic rings. The predicted molar refractivity (Wildman–Crippen MR) is 58.8 cm³/mol. The van der Waals surface area contributed by atoms with Crippen molar-refractivity contribution in [2.45, 2.75) is 4.90 Å². The maximum absolute atomic E-state index is 11.3. The van der Waals surface area contributed by atoms with Crippen LogP contribution in [-0.4, -0.2) is 34.0 Å². The second kappa shape index (κ2) is 4.44. The molecule has 1 N–H and O–H groups in total. The van der Waals surface area contributed by atoms with Crippen LogP contribution in [0.15, 0.2) is 23.1 Å². The Bertz CT molecular complexity index is 534. The molecule has 0 unspecified atom stereocenters. The van der Waals surface area contributed by atoms with Crippen LogP contribution in [0.4, 0.5) is 0 Å². The third kappa shape index (κ3) is 2.46. The van der Waals surface area contributed by atoms with Crippen LogP contribution < -0.4 is 0 Å². The van der Waals surface area contributed by atoms with Crippen molar-refractivity contribution in [2.24, 2.45) is 0 Å². The summed E-state index contributed by atoms with van der Waals surface area (Å²) in [5.41, 5.74) is 0.389. The molecule has 0 aromatic heterocycles. The lowest BCUT2D eigenvalue weighted by Crippen LogP contribution is -2.07. The summed E-state index contributed by atoms with van der Waals surface area (Å²) in [5, 5.41) is 7.13. The number of sulfone groups is 1. The van der Waals surface area contributed by atoms with E-state index in [2.05, 4.69) is 4.74 Å². The fourth-order valence-corrected chi connectivity index (χ4v) is 1.84. The molecule has 0 aliphatic carbocycles. The van der Waals surface area contributed by atoms with E-state index < -0.39 is 15.8 Å². The summed E-state index contributed by atoms with van der Waals surface area (Å²) in [6.45, 7) is 0. The maximum Gasteiger partial charge on any atom is 0.338 e. The number of esters is 1. The Hall–Kier alpha value is -1.69. The normalized spacial score (nSPS) is 10.9. The highest BCUT2D eigenvalue weighted by atomic mass is 32.2. The van der Waals surface area contributed by atoms with Crippen molar-refractivity contribution < 1.29 is 17.9 Å². The van der Waals surface area contributed by atoms with Gasteiger partial charge in [0.1, 0.15) is 0 Å². The minimum absolute atomic E-state index is 0.0682. The van der Waals surface area contributed by atoms with Gasteiger partial charge >= 0.3 is 5.97 Å². The van der Waals surface area contributed by atoms with Crippen molar-refractivity contribution >= 4 is 22.0 Å². The molecular formula is C10H11NO4S. The van der Waals surface area contributed by atoms with Crippen molar-refractivity contribution in [3.05, 3.63) is 29.3 Å². The molecule has 0 aliphatic heterocycles. The summed E-state index contributed by atoms with van der Waals surface area (Å²) in [7, 11) is -2.12. The van der Waals surface area contributed by atoms with Gasteiger partial charge < -0.3 is 10.1 Å². The number of benzene rings is 1. The van der Waals surface area contributed by atoms with Crippen molar-refractivity contribution in [3.63, 3.8) is 0 Å². The Morgan fingerprint density at radius 1 is 1.44 bits per heavy atom. The first-order valence-electron chi connectivity index (χ1n) is 4.33. The summed E-state index contributed by atoms with van der Waals surface area (Å²) in [5.74, 6) is -0.599. The summed E-state index contributed by atoms with van der Waals surface area (Å²) in [6, 6.07) is 3.92. The molecule has 0 bridgehead atoms. The molecule has 0 amide bonds. The molecule has 5 nitrogen and oxygen atoms in total. The van der Waals surface area contributed by atoms with Gasteiger partial charge in [0.15, 0.2) is 9.84 Å². The Labute approximate surface area is 93.5 Å². The molecule has 0 fully saturated rings. The van der Waals surface area contributed by atoms with E-state index in [9.17, 15) is 13.2 Å². The molecule has 86 valence electrons. The third-order valence-electron chi connectivity index (χ3n) is 2.01. The van der Waals surface area contributed by atoms with E-state index in [0.29, 0.717) is 0 Å². The van der Waals surface area contributed by atoms with Crippen molar-refractivity contribution in [2.75, 3.05) is 13.4 Å². The fraction of sp³-hybridized carbons (Fsp3) is 0.200. The molecule has 0 spiro atoms. The van der Waals surface area contributed by atoms with Gasteiger partial charge in [-0.1, -0.05) is 0 Å². The predicted octanol–water partition coefficient (Wildman–Crippen LogP) is 0.874. The van der Waals surface area contributed by atoms with Gasteiger partial charge in [0.2, 0.25) is 0 Å². The van der Waals surface area contributed by atoms with Gasteiger partial charge in [-0.05, 0) is 18.2 Å². The highest BCUT2D eigenvalue weighted by Crippen LogP contribution is 2.15. The number of hydrogen-bond acceptors (Lipinski definition) is 5. The van der Waals surface area contributed by atoms with Gasteiger partial charge in [0.25, 0.3) is 0 Å². The van der Waals surface area contributed by atoms with Crippen molar-refractivity contribution in [3.8, 4) is 0 Å².